The number of anilines is 1. The van der Waals surface area contributed by atoms with Gasteiger partial charge in [-0.1, -0.05) is 29.8 Å². The summed E-state index contributed by atoms with van der Waals surface area (Å²) in [6.45, 7) is 1.90. The average molecular weight is 435 g/mol. The first-order valence-electron chi connectivity index (χ1n) is 9.53. The molecule has 0 saturated carbocycles. The zero-order valence-corrected chi connectivity index (χ0v) is 17.1. The minimum atomic E-state index is -0.438. The summed E-state index contributed by atoms with van der Waals surface area (Å²) >= 11 is 6.34. The quantitative estimate of drug-likeness (QED) is 0.454. The van der Waals surface area contributed by atoms with Gasteiger partial charge in [0.25, 0.3) is 5.56 Å². The van der Waals surface area contributed by atoms with Gasteiger partial charge in [-0.05, 0) is 42.6 Å². The van der Waals surface area contributed by atoms with Gasteiger partial charge in [0, 0.05) is 5.69 Å². The molecule has 0 aliphatic carbocycles. The van der Waals surface area contributed by atoms with Crippen molar-refractivity contribution in [1.82, 2.24) is 24.1 Å². The van der Waals surface area contributed by atoms with Gasteiger partial charge >= 0.3 is 0 Å². The lowest BCUT2D eigenvalue weighted by Gasteiger charge is -2.21. The normalized spacial score (nSPS) is 12.4. The van der Waals surface area contributed by atoms with E-state index in [0.717, 1.165) is 0 Å². The van der Waals surface area contributed by atoms with Gasteiger partial charge in [-0.25, -0.2) is 18.9 Å². The SMILES string of the molecule is CC(Nc1ncnn2cncc12)c1cc2cccc(Cl)c2c(=O)n1-c1cccc(F)c1. The van der Waals surface area contributed by atoms with Crippen molar-refractivity contribution in [2.45, 2.75) is 13.0 Å². The number of benzene rings is 2. The standard InChI is InChI=1S/C22H16ClFN6O/c1-13(28-21-19-10-25-12-29(19)27-11-26-21)18-8-14-4-2-7-17(23)20(14)22(31)30(18)16-6-3-5-15(24)9-16/h2-13H,1H3,(H,26,27,28). The van der Waals surface area contributed by atoms with Gasteiger partial charge < -0.3 is 5.32 Å². The molecular weight excluding hydrogens is 419 g/mol. The monoisotopic (exact) mass is 434 g/mol. The molecule has 9 heteroatoms. The molecule has 0 bridgehead atoms. The van der Waals surface area contributed by atoms with E-state index < -0.39 is 5.82 Å². The van der Waals surface area contributed by atoms with Crippen molar-refractivity contribution in [3.05, 3.63) is 94.3 Å². The smallest absolute Gasteiger partial charge is 0.264 e. The van der Waals surface area contributed by atoms with Crippen LogP contribution < -0.4 is 10.9 Å². The van der Waals surface area contributed by atoms with Crippen LogP contribution in [-0.4, -0.2) is 24.1 Å². The Hall–Kier alpha value is -3.78. The van der Waals surface area contributed by atoms with Crippen molar-refractivity contribution in [2.24, 2.45) is 0 Å². The van der Waals surface area contributed by atoms with Gasteiger partial charge in [0.15, 0.2) is 5.82 Å². The van der Waals surface area contributed by atoms with E-state index in [1.165, 1.54) is 23.0 Å². The maximum atomic E-state index is 14.0. The number of imidazole rings is 1. The number of pyridine rings is 1. The molecule has 3 aromatic heterocycles. The maximum Gasteiger partial charge on any atom is 0.264 e. The van der Waals surface area contributed by atoms with E-state index in [0.29, 0.717) is 38.5 Å². The molecule has 5 rings (SSSR count). The van der Waals surface area contributed by atoms with Crippen LogP contribution in [-0.2, 0) is 0 Å². The molecule has 1 atom stereocenters. The lowest BCUT2D eigenvalue weighted by atomic mass is 10.1. The van der Waals surface area contributed by atoms with Gasteiger partial charge in [-0.15, -0.1) is 0 Å². The third-order valence-electron chi connectivity index (χ3n) is 5.11. The maximum absolute atomic E-state index is 14.0. The number of nitrogens with one attached hydrogen (secondary N) is 1. The van der Waals surface area contributed by atoms with Gasteiger partial charge in [0.1, 0.15) is 24.0 Å². The minimum Gasteiger partial charge on any atom is -0.360 e. The van der Waals surface area contributed by atoms with Gasteiger partial charge in [0.05, 0.1) is 28.3 Å². The predicted octanol–water partition coefficient (Wildman–Crippen LogP) is 4.39. The highest BCUT2D eigenvalue weighted by Gasteiger charge is 2.19. The largest absolute Gasteiger partial charge is 0.360 e. The second kappa shape index (κ2) is 7.48. The number of fused-ring (bicyclic) bond motifs is 2. The van der Waals surface area contributed by atoms with Crippen molar-refractivity contribution in [1.29, 1.82) is 0 Å². The number of rotatable bonds is 4. The summed E-state index contributed by atoms with van der Waals surface area (Å²) in [5.41, 5.74) is 1.40. The molecule has 0 aliphatic rings. The first-order valence-corrected chi connectivity index (χ1v) is 9.91. The Bertz CT molecular complexity index is 1490. The molecule has 1 N–H and O–H groups in total. The summed E-state index contributed by atoms with van der Waals surface area (Å²) in [5, 5.41) is 8.86. The van der Waals surface area contributed by atoms with Gasteiger partial charge in [-0.3, -0.25) is 9.36 Å². The van der Waals surface area contributed by atoms with E-state index >= 15 is 0 Å². The van der Waals surface area contributed by atoms with Crippen molar-refractivity contribution < 1.29 is 4.39 Å². The molecule has 2 aromatic carbocycles. The molecule has 154 valence electrons. The van der Waals surface area contributed by atoms with Crippen LogP contribution >= 0.6 is 11.6 Å². The lowest BCUT2D eigenvalue weighted by Crippen LogP contribution is -2.26. The molecule has 31 heavy (non-hydrogen) atoms. The Kier molecular flexibility index (Phi) is 4.63. The first kappa shape index (κ1) is 19.2. The van der Waals surface area contributed by atoms with Crippen LogP contribution in [0.15, 0.2) is 72.2 Å². The van der Waals surface area contributed by atoms with Crippen LogP contribution in [0.25, 0.3) is 22.0 Å². The van der Waals surface area contributed by atoms with Crippen LogP contribution in [0.3, 0.4) is 0 Å². The van der Waals surface area contributed by atoms with Crippen molar-refractivity contribution in [2.75, 3.05) is 5.32 Å². The average Bonchev–Trinajstić information content (AvgIpc) is 3.23. The fourth-order valence-electron chi connectivity index (χ4n) is 3.69. The summed E-state index contributed by atoms with van der Waals surface area (Å²) in [4.78, 5) is 21.9. The summed E-state index contributed by atoms with van der Waals surface area (Å²) in [6, 6.07) is 12.7. The third-order valence-corrected chi connectivity index (χ3v) is 5.43. The van der Waals surface area contributed by atoms with E-state index in [1.54, 1.807) is 41.3 Å². The molecule has 0 fully saturated rings. The molecular formula is C22H16ClFN6O. The lowest BCUT2D eigenvalue weighted by molar-refractivity contribution is 0.625. The summed E-state index contributed by atoms with van der Waals surface area (Å²) < 4.78 is 17.1. The van der Waals surface area contributed by atoms with Gasteiger partial charge in [0.2, 0.25) is 0 Å². The van der Waals surface area contributed by atoms with E-state index in [9.17, 15) is 9.18 Å². The summed E-state index contributed by atoms with van der Waals surface area (Å²) in [5.74, 6) is 0.122. The molecule has 0 aliphatic heterocycles. The van der Waals surface area contributed by atoms with Crippen LogP contribution in [0.4, 0.5) is 10.2 Å². The Balaban J connectivity index is 1.72. The highest BCUT2D eigenvalue weighted by atomic mass is 35.5. The summed E-state index contributed by atoms with van der Waals surface area (Å²) in [6.07, 6.45) is 4.64. The molecule has 0 spiro atoms. The molecule has 0 amide bonds. The zero-order chi connectivity index (χ0) is 21.5. The Labute approximate surface area is 180 Å². The van der Waals surface area contributed by atoms with Crippen molar-refractivity contribution in [3.8, 4) is 5.69 Å². The molecule has 7 nitrogen and oxygen atoms in total. The molecule has 5 aromatic rings. The third kappa shape index (κ3) is 3.30. The fraction of sp³-hybridized carbons (Fsp3) is 0.0909. The van der Waals surface area contributed by atoms with Crippen LogP contribution in [0, 0.1) is 5.82 Å². The first-order chi connectivity index (χ1) is 15.0. The Morgan fingerprint density at radius 3 is 2.84 bits per heavy atom. The van der Waals surface area contributed by atoms with E-state index in [-0.39, 0.29) is 11.6 Å². The van der Waals surface area contributed by atoms with E-state index in [4.69, 9.17) is 11.6 Å². The number of hydrogen-bond donors (Lipinski definition) is 1. The van der Waals surface area contributed by atoms with Crippen LogP contribution in [0.2, 0.25) is 5.02 Å². The Morgan fingerprint density at radius 2 is 2.00 bits per heavy atom. The van der Waals surface area contributed by atoms with Crippen molar-refractivity contribution >= 4 is 33.7 Å². The molecule has 3 heterocycles. The zero-order valence-electron chi connectivity index (χ0n) is 16.3. The molecule has 0 saturated heterocycles. The van der Waals surface area contributed by atoms with E-state index in [1.807, 2.05) is 19.1 Å². The number of aromatic nitrogens is 5. The predicted molar refractivity (Wildman–Crippen MR) is 117 cm³/mol. The highest BCUT2D eigenvalue weighted by Crippen LogP contribution is 2.27. The second-order valence-electron chi connectivity index (χ2n) is 7.09. The molecule has 1 unspecified atom stereocenters. The summed E-state index contributed by atoms with van der Waals surface area (Å²) in [7, 11) is 0. The topological polar surface area (TPSA) is 77.1 Å². The minimum absolute atomic E-state index is 0.325. The fourth-order valence-corrected chi connectivity index (χ4v) is 3.95. The second-order valence-corrected chi connectivity index (χ2v) is 7.50. The van der Waals surface area contributed by atoms with Crippen LogP contribution in [0.1, 0.15) is 18.7 Å². The van der Waals surface area contributed by atoms with Crippen molar-refractivity contribution in [3.63, 3.8) is 0 Å². The molecule has 0 radical (unpaired) electrons. The number of halogens is 2. The highest BCUT2D eigenvalue weighted by molar-refractivity contribution is 6.35. The van der Waals surface area contributed by atoms with E-state index in [2.05, 4.69) is 20.4 Å². The number of nitrogens with zero attached hydrogens (tertiary/aromatic N) is 5. The number of hydrogen-bond acceptors (Lipinski definition) is 5. The van der Waals surface area contributed by atoms with Gasteiger partial charge in [-0.2, -0.15) is 5.10 Å². The Morgan fingerprint density at radius 1 is 1.16 bits per heavy atom. The van der Waals surface area contributed by atoms with Crippen LogP contribution in [0.5, 0.6) is 0 Å².